The van der Waals surface area contributed by atoms with Crippen LogP contribution in [0.2, 0.25) is 0 Å². The first kappa shape index (κ1) is 93.7. The van der Waals surface area contributed by atoms with E-state index in [1.54, 1.807) is 88.3 Å². The number of esters is 2. The van der Waals surface area contributed by atoms with Crippen molar-refractivity contribution in [1.29, 1.82) is 0 Å². The molecule has 1 aliphatic carbocycles. The van der Waals surface area contributed by atoms with E-state index in [9.17, 15) is 101 Å². The number of Topliss-reactive ketones (excluding diaryl/α,β-unsaturated/α-hetero) is 2. The minimum atomic E-state index is -2.58. The third kappa shape index (κ3) is 26.5. The minimum absolute atomic E-state index is 0.0583. The molecule has 0 saturated carbocycles. The molecule has 111 heavy (non-hydrogen) atoms. The summed E-state index contributed by atoms with van der Waals surface area (Å²) in [7, 11) is 0. The van der Waals surface area contributed by atoms with Crippen molar-refractivity contribution in [2.24, 2.45) is 35.5 Å². The van der Waals surface area contributed by atoms with Crippen LogP contribution in [-0.2, 0) is 57.0 Å². The van der Waals surface area contributed by atoms with Crippen molar-refractivity contribution in [3.05, 3.63) is 70.8 Å². The number of aliphatic hydroxyl groups is 15. The lowest BCUT2D eigenvalue weighted by atomic mass is 9.78. The summed E-state index contributed by atoms with van der Waals surface area (Å²) in [6, 6.07) is 4.63. The molecule has 1 aromatic carbocycles. The van der Waals surface area contributed by atoms with Gasteiger partial charge in [0.15, 0.2) is 36.5 Å². The lowest BCUT2D eigenvalue weighted by molar-refractivity contribution is -0.336. The van der Waals surface area contributed by atoms with Crippen LogP contribution in [-0.4, -0.2) is 264 Å². The van der Waals surface area contributed by atoms with Crippen molar-refractivity contribution in [3.63, 3.8) is 0 Å². The largest absolute Gasteiger partial charge is 0.458 e. The van der Waals surface area contributed by atoms with Crippen molar-refractivity contribution >= 4 is 29.3 Å². The smallest absolute Gasteiger partial charge is 0.330 e. The Morgan fingerprint density at radius 1 is 0.622 bits per heavy atom. The number of rotatable bonds is 17. The Kier molecular flexibility index (Phi) is 35.9. The van der Waals surface area contributed by atoms with Crippen LogP contribution in [0.25, 0.3) is 0 Å². The Morgan fingerprint density at radius 2 is 1.24 bits per heavy atom. The third-order valence-electron chi connectivity index (χ3n) is 23.4. The summed E-state index contributed by atoms with van der Waals surface area (Å²) in [5.74, 6) is -10.9. The fourth-order valence-corrected chi connectivity index (χ4v) is 16.5. The Bertz CT molecular complexity index is 3200. The van der Waals surface area contributed by atoms with Crippen molar-refractivity contribution in [2.45, 2.75) is 376 Å². The van der Waals surface area contributed by atoms with Gasteiger partial charge in [0.1, 0.15) is 18.3 Å². The number of fused-ring (bicyclic) bond motifs is 3. The van der Waals surface area contributed by atoms with Gasteiger partial charge in [-0.1, -0.05) is 65.8 Å². The summed E-state index contributed by atoms with van der Waals surface area (Å²) in [5, 5.41) is 168. The highest BCUT2D eigenvalue weighted by atomic mass is 16.7. The molecule has 0 aromatic heterocycles. The Hall–Kier alpha value is -4.49. The van der Waals surface area contributed by atoms with Crippen molar-refractivity contribution in [3.8, 4) is 0 Å². The van der Waals surface area contributed by atoms with Gasteiger partial charge in [-0.3, -0.25) is 19.2 Å². The monoisotopic (exact) mass is 1580 g/mol. The van der Waals surface area contributed by atoms with Crippen LogP contribution in [0.1, 0.15) is 244 Å². The van der Waals surface area contributed by atoms with E-state index in [1.165, 1.54) is 30.4 Å². The Balaban J connectivity index is 0.951. The van der Waals surface area contributed by atoms with E-state index in [0.717, 1.165) is 6.08 Å². The van der Waals surface area contributed by atoms with Gasteiger partial charge in [0, 0.05) is 72.1 Å². The van der Waals surface area contributed by atoms with Crippen molar-refractivity contribution in [2.75, 3.05) is 0 Å². The number of ether oxygens (including phenoxy) is 9. The summed E-state index contributed by atoms with van der Waals surface area (Å²) in [6.07, 6.45) is -18.7. The average Bonchev–Trinajstić information content (AvgIpc) is 0.800. The third-order valence-corrected chi connectivity index (χ3v) is 23.4. The second kappa shape index (κ2) is 42.6. The summed E-state index contributed by atoms with van der Waals surface area (Å²) in [6.45, 7) is 19.8. The number of carbonyl (C=O) groups excluding carboxylic acids is 5. The summed E-state index contributed by atoms with van der Waals surface area (Å²) < 4.78 is 55.7. The number of carbonyl (C=O) groups is 5. The van der Waals surface area contributed by atoms with Gasteiger partial charge in [0.25, 0.3) is 0 Å². The first-order valence-corrected chi connectivity index (χ1v) is 40.2. The fraction of sp³-hybridized carbons (Fsp3) is 0.793. The molecule has 4 fully saturated rings. The molecule has 29 nitrogen and oxygen atoms in total. The van der Waals surface area contributed by atoms with E-state index >= 15 is 0 Å². The van der Waals surface area contributed by atoms with E-state index in [0.29, 0.717) is 36.8 Å². The second-order valence-electron chi connectivity index (χ2n) is 33.2. The highest BCUT2D eigenvalue weighted by molar-refractivity contribution is 6.24. The molecule has 15 N–H and O–H groups in total. The van der Waals surface area contributed by atoms with Gasteiger partial charge < -0.3 is 119 Å². The van der Waals surface area contributed by atoms with Gasteiger partial charge in [0.05, 0.1) is 121 Å². The zero-order chi connectivity index (χ0) is 82.3. The van der Waals surface area contributed by atoms with Gasteiger partial charge >= 0.3 is 11.9 Å². The average molecular weight is 1580 g/mol. The van der Waals surface area contributed by atoms with Crippen LogP contribution in [0.15, 0.2) is 54.2 Å². The van der Waals surface area contributed by atoms with Gasteiger partial charge in [0.2, 0.25) is 11.6 Å². The molecule has 5 aliphatic heterocycles. The SMILES string of the molecule is CC[C@@H](O[C@H]1C[C@@](C)(O)[C@H](O[C@@H]2C[C@@H](O)[C@@H](OC(=O)[C@@H](C)[C@@H](OC3CCC(O)C(C)O3)c3ccc4c(c3)C(=O)C=C(C)C4=O)[C@@H](C)O2)[C@H](C)O1)[C@H](C)[C@H](O)[C@@H](C)[C@H](O)[C@H](C)[C@H]1OC(=O)/C=C/CC(O)CC(O)CCCC(O)CCC(C)C(O)C(=O)[C@]2(O)C[C@H](O)C[C@H](C[C@H](O)C[C@@H](O)C[C@@H](O)CCCC(O)/C=C/[C@@H]1C)O2. The Morgan fingerprint density at radius 3 is 1.90 bits per heavy atom. The van der Waals surface area contributed by atoms with Crippen LogP contribution in [0, 0.1) is 35.5 Å². The molecular weight excluding hydrogens is 1450 g/mol. The van der Waals surface area contributed by atoms with Crippen molar-refractivity contribution < 1.29 is 143 Å². The highest BCUT2D eigenvalue weighted by Crippen LogP contribution is 2.41. The molecule has 2 bridgehead atoms. The number of ketones is 3. The first-order valence-electron chi connectivity index (χ1n) is 40.2. The highest BCUT2D eigenvalue weighted by Gasteiger charge is 2.52. The quantitative estimate of drug-likeness (QED) is 0.0738. The lowest BCUT2D eigenvalue weighted by Gasteiger charge is -2.47. The zero-order valence-electron chi connectivity index (χ0n) is 66.6. The predicted molar refractivity (Wildman–Crippen MR) is 400 cm³/mol. The normalized spacial score (nSPS) is 40.0. The fourth-order valence-electron chi connectivity index (χ4n) is 16.5. The molecular formula is C82H130O29. The molecule has 0 radical (unpaired) electrons. The maximum atomic E-state index is 14.2. The summed E-state index contributed by atoms with van der Waals surface area (Å²) >= 11 is 0. The molecule has 33 atom stereocenters. The van der Waals surface area contributed by atoms with E-state index in [2.05, 4.69) is 0 Å². The second-order valence-corrected chi connectivity index (χ2v) is 33.2. The van der Waals surface area contributed by atoms with E-state index < -0.39 is 224 Å². The molecule has 5 heterocycles. The predicted octanol–water partition coefficient (Wildman–Crippen LogP) is 4.76. The number of aliphatic hydroxyl groups excluding tert-OH is 13. The molecule has 29 heteroatoms. The number of hydrogen-bond acceptors (Lipinski definition) is 29. The maximum absolute atomic E-state index is 14.2. The molecule has 632 valence electrons. The number of hydrogen-bond donors (Lipinski definition) is 15. The maximum Gasteiger partial charge on any atom is 0.330 e. The van der Waals surface area contributed by atoms with E-state index in [4.69, 9.17) is 42.6 Å². The topological polar surface area (TPSA) is 472 Å². The van der Waals surface area contributed by atoms with Crippen LogP contribution < -0.4 is 0 Å². The Labute approximate surface area is 652 Å². The molecule has 0 spiro atoms. The molecule has 0 amide bonds. The van der Waals surface area contributed by atoms with Crippen molar-refractivity contribution in [1.82, 2.24) is 0 Å². The molecule has 4 saturated heterocycles. The number of cyclic esters (lactones) is 1. The number of benzene rings is 1. The van der Waals surface area contributed by atoms with Gasteiger partial charge in [-0.05, 0) is 174 Å². The zero-order valence-corrected chi connectivity index (χ0v) is 66.6. The summed E-state index contributed by atoms with van der Waals surface area (Å²) in [5.41, 5.74) is -0.593. The minimum Gasteiger partial charge on any atom is -0.458 e. The molecule has 9 unspecified atom stereocenters. The van der Waals surface area contributed by atoms with Gasteiger partial charge in [-0.15, -0.1) is 0 Å². The van der Waals surface area contributed by atoms with E-state index in [-0.39, 0.29) is 119 Å². The van der Waals surface area contributed by atoms with Crippen LogP contribution in [0.5, 0.6) is 0 Å². The molecule has 7 rings (SSSR count). The van der Waals surface area contributed by atoms with Crippen LogP contribution >= 0.6 is 0 Å². The van der Waals surface area contributed by atoms with Gasteiger partial charge in [-0.2, -0.15) is 0 Å². The first-order chi connectivity index (χ1) is 52.1. The molecule has 1 aromatic rings. The number of allylic oxidation sites excluding steroid dienone is 2. The van der Waals surface area contributed by atoms with Crippen LogP contribution in [0.4, 0.5) is 0 Å². The standard InChI is InChI=1S/C82H130O29/c1-13-66(106-70-40-81(12,101)79(50(11)105-70)109-69-38-65(93)77(49(10)104-69)110-80(100)47(8)76(108-68-30-29-63(91)48(9)103-68)51-25-28-61-62(32-51)64(92)31-43(4)71(61)95)44(5)73(97)45(6)74(98)46(7)75-42(3)24-27-53(84)18-15-20-56(87)34-57(88)35-58(89)36-60-37-59(90)39-82(102,111-60)78(99)72(96)41(2)23-26-52(83)17-14-19-54(85)33-55(86)21-16-22-67(94)107-75/h16,22,24-25,27-28,31-32,41-42,44-50,52-60,63,65-66,68-70,72-77,79,83-91,93,96-98,101-102H,13-15,17-21,23,26,29-30,33-40H2,1-12H3/b22-16+,27-24+/t41?,42-,44-,45+,46-,47-,48?,49+,50-,52?,53?,54?,55?,56-,57-,58+,59+,60-,63?,65+,66+,68?,69+,70-,72?,73-,74-,75-,76+,77-,79+,81+,82-/m0/s1. The molecule has 6 aliphatic rings. The van der Waals surface area contributed by atoms with Crippen LogP contribution in [0.3, 0.4) is 0 Å². The van der Waals surface area contributed by atoms with E-state index in [1.807, 2.05) is 6.92 Å². The summed E-state index contributed by atoms with van der Waals surface area (Å²) in [4.78, 5) is 67.6. The van der Waals surface area contributed by atoms with Gasteiger partial charge in [-0.25, -0.2) is 4.79 Å². The lowest BCUT2D eigenvalue weighted by Crippen LogP contribution is -2.59.